The summed E-state index contributed by atoms with van der Waals surface area (Å²) in [6.45, 7) is 1.93. The van der Waals surface area contributed by atoms with Crippen LogP contribution in [-0.2, 0) is 11.0 Å². The number of ketones is 2. The Balaban J connectivity index is 0. The van der Waals surface area contributed by atoms with E-state index in [0.717, 1.165) is 12.2 Å². The molecule has 1 N–H and O–H groups in total. The second-order valence-electron chi connectivity index (χ2n) is 7.53. The van der Waals surface area contributed by atoms with Gasteiger partial charge in [0, 0.05) is 48.8 Å². The van der Waals surface area contributed by atoms with Gasteiger partial charge in [0.05, 0.1) is 0 Å². The van der Waals surface area contributed by atoms with Crippen LogP contribution >= 0.6 is 0 Å². The number of aliphatic hydroxyl groups excluding tert-OH is 1. The molecule has 0 fully saturated rings. The SMILES string of the molecule is CCO.O=C(/C=C(\[O-])c1ccccc1)c1ccccc1.O=C(/C=C(\[O-])c1ccccc1)c1ccccc1.[O-2].[O-2].[U]. The number of carbonyl (C=O) groups excluding carboxylic acids is 2. The summed E-state index contributed by atoms with van der Waals surface area (Å²) < 4.78 is 0. The average Bonchev–Trinajstić information content (AvgIpc) is 2.95. The first-order chi connectivity index (χ1) is 18.0. The third kappa shape index (κ3) is 13.9. The molecular formula is C32H28O7U-6. The molecule has 0 aliphatic carbocycles. The molecule has 4 aromatic rings. The molecule has 0 aliphatic heterocycles. The minimum atomic E-state index is -0.264. The van der Waals surface area contributed by atoms with Gasteiger partial charge in [0.1, 0.15) is 0 Å². The summed E-state index contributed by atoms with van der Waals surface area (Å²) in [4.78, 5) is 23.5. The van der Waals surface area contributed by atoms with Crippen LogP contribution in [0, 0.1) is 31.1 Å². The van der Waals surface area contributed by atoms with Gasteiger partial charge in [-0.25, -0.2) is 0 Å². The van der Waals surface area contributed by atoms with Gasteiger partial charge < -0.3 is 26.3 Å². The maximum Gasteiger partial charge on any atom is 0.185 e. The second kappa shape index (κ2) is 22.1. The number of allylic oxidation sites excluding steroid dienone is 2. The quantitative estimate of drug-likeness (QED) is 0.176. The first kappa shape index (κ1) is 38.4. The molecule has 208 valence electrons. The normalized spacial score (nSPS) is 9.95. The number of hydrogen-bond acceptors (Lipinski definition) is 5. The Hall–Kier alpha value is -3.77. The van der Waals surface area contributed by atoms with Crippen LogP contribution < -0.4 is 10.2 Å². The summed E-state index contributed by atoms with van der Waals surface area (Å²) in [6.07, 6.45) is 2.26. The van der Waals surface area contributed by atoms with Crippen molar-refractivity contribution >= 4 is 23.1 Å². The fraction of sp³-hybridized carbons (Fsp3) is 0.0625. The molecule has 0 aromatic heterocycles. The molecule has 40 heavy (non-hydrogen) atoms. The minimum absolute atomic E-state index is 0. The zero-order valence-electron chi connectivity index (χ0n) is 21.8. The van der Waals surface area contributed by atoms with Gasteiger partial charge >= 0.3 is 0 Å². The van der Waals surface area contributed by atoms with Crippen LogP contribution in [0.1, 0.15) is 38.8 Å². The molecule has 0 aliphatic rings. The van der Waals surface area contributed by atoms with Gasteiger partial charge in [-0.15, -0.1) is 0 Å². The van der Waals surface area contributed by atoms with Crippen LogP contribution in [0.15, 0.2) is 133 Å². The fourth-order valence-electron chi connectivity index (χ4n) is 2.98. The summed E-state index contributed by atoms with van der Waals surface area (Å²) >= 11 is 0. The van der Waals surface area contributed by atoms with Crippen molar-refractivity contribution in [3.05, 3.63) is 156 Å². The van der Waals surface area contributed by atoms with Gasteiger partial charge in [0.15, 0.2) is 11.6 Å². The van der Waals surface area contributed by atoms with Crippen LogP contribution in [0.3, 0.4) is 0 Å². The third-order valence-electron chi connectivity index (χ3n) is 4.76. The molecule has 0 radical (unpaired) electrons. The Morgan fingerprint density at radius 2 is 0.750 bits per heavy atom. The molecule has 7 nitrogen and oxygen atoms in total. The smallest absolute Gasteiger partial charge is 0.185 e. The van der Waals surface area contributed by atoms with Gasteiger partial charge in [0.25, 0.3) is 0 Å². The number of hydrogen-bond donors (Lipinski definition) is 1. The summed E-state index contributed by atoms with van der Waals surface area (Å²) in [6, 6.07) is 35.0. The maximum atomic E-state index is 11.8. The molecule has 0 amide bonds. The summed E-state index contributed by atoms with van der Waals surface area (Å²) in [5, 5.41) is 31.1. The van der Waals surface area contributed by atoms with E-state index in [0.29, 0.717) is 22.3 Å². The topological polar surface area (TPSA) is 157 Å². The van der Waals surface area contributed by atoms with Crippen LogP contribution in [0.25, 0.3) is 11.5 Å². The molecule has 0 saturated carbocycles. The van der Waals surface area contributed by atoms with E-state index in [1.54, 1.807) is 104 Å². The summed E-state index contributed by atoms with van der Waals surface area (Å²) in [5.41, 5.74) is 2.10. The largest absolute Gasteiger partial charge is 2.00 e. The molecule has 0 unspecified atom stereocenters. The molecule has 8 heteroatoms. The predicted octanol–water partition coefficient (Wildman–Crippen LogP) is 4.30. The molecule has 0 saturated heterocycles. The zero-order chi connectivity index (χ0) is 26.9. The van der Waals surface area contributed by atoms with E-state index in [-0.39, 0.29) is 71.8 Å². The molecule has 0 heterocycles. The van der Waals surface area contributed by atoms with Crippen LogP contribution in [0.2, 0.25) is 0 Å². The standard InChI is InChI=1S/2C15H12O2.C2H6O.2O.U/c2*16-14(12-7-3-1-4-8-12)11-15(17)13-9-5-2-6-10-13;1-2-3;;;/h2*1-11,16H;3H,2H2,1H3;;;/q;;;2*-2;/p-2/b2*14-11-;;;;. The van der Waals surface area contributed by atoms with E-state index < -0.39 is 0 Å². The fourth-order valence-corrected chi connectivity index (χ4v) is 2.98. The van der Waals surface area contributed by atoms with Crippen LogP contribution in [0.5, 0.6) is 0 Å². The maximum absolute atomic E-state index is 11.8. The third-order valence-corrected chi connectivity index (χ3v) is 4.76. The molecule has 0 atom stereocenters. The van der Waals surface area contributed by atoms with Crippen LogP contribution in [-0.4, -0.2) is 23.3 Å². The van der Waals surface area contributed by atoms with Gasteiger partial charge in [-0.2, -0.15) is 0 Å². The first-order valence-electron chi connectivity index (χ1n) is 11.6. The molecular weight excluding hydrogens is 734 g/mol. The first-order valence-corrected chi connectivity index (χ1v) is 11.6. The Labute approximate surface area is 258 Å². The number of benzene rings is 4. The summed E-state index contributed by atoms with van der Waals surface area (Å²) in [5.74, 6) is -1.06. The van der Waals surface area contributed by atoms with Crippen molar-refractivity contribution < 1.29 is 67.0 Å². The molecule has 4 aromatic carbocycles. The van der Waals surface area contributed by atoms with Gasteiger partial charge in [-0.3, -0.25) is 9.59 Å². The van der Waals surface area contributed by atoms with E-state index >= 15 is 0 Å². The van der Waals surface area contributed by atoms with Gasteiger partial charge in [-0.1, -0.05) is 133 Å². The van der Waals surface area contributed by atoms with E-state index in [2.05, 4.69) is 0 Å². The zero-order valence-corrected chi connectivity index (χ0v) is 26.0. The molecule has 0 spiro atoms. The Morgan fingerprint density at radius 1 is 0.550 bits per heavy atom. The molecule has 0 bridgehead atoms. The number of rotatable bonds is 6. The predicted molar refractivity (Wildman–Crippen MR) is 145 cm³/mol. The van der Waals surface area contributed by atoms with Crippen molar-refractivity contribution in [1.82, 2.24) is 0 Å². The Morgan fingerprint density at radius 3 is 0.975 bits per heavy atom. The average molecular weight is 763 g/mol. The number of carbonyl (C=O) groups is 2. The van der Waals surface area contributed by atoms with Crippen molar-refractivity contribution in [2.75, 3.05) is 6.61 Å². The minimum Gasteiger partial charge on any atom is -2.00 e. The van der Waals surface area contributed by atoms with Crippen molar-refractivity contribution in [3.63, 3.8) is 0 Å². The van der Waals surface area contributed by atoms with E-state index in [1.807, 2.05) is 24.3 Å². The van der Waals surface area contributed by atoms with Crippen molar-refractivity contribution in [1.29, 1.82) is 0 Å². The van der Waals surface area contributed by atoms with Crippen molar-refractivity contribution in [2.24, 2.45) is 0 Å². The Bertz CT molecular complexity index is 1190. The number of aliphatic hydroxyl groups is 1. The monoisotopic (exact) mass is 762 g/mol. The van der Waals surface area contributed by atoms with Gasteiger partial charge in [0.2, 0.25) is 0 Å². The van der Waals surface area contributed by atoms with Crippen LogP contribution in [0.4, 0.5) is 0 Å². The molecule has 4 rings (SSSR count). The van der Waals surface area contributed by atoms with E-state index in [4.69, 9.17) is 5.11 Å². The van der Waals surface area contributed by atoms with Gasteiger partial charge in [-0.05, 0) is 30.2 Å². The van der Waals surface area contributed by atoms with E-state index in [9.17, 15) is 19.8 Å². The van der Waals surface area contributed by atoms with Crippen molar-refractivity contribution in [2.45, 2.75) is 6.92 Å². The van der Waals surface area contributed by atoms with E-state index in [1.165, 1.54) is 0 Å². The Kier molecular flexibility index (Phi) is 21.2. The van der Waals surface area contributed by atoms with Crippen molar-refractivity contribution in [3.8, 4) is 0 Å². The second-order valence-corrected chi connectivity index (χ2v) is 7.53. The summed E-state index contributed by atoms with van der Waals surface area (Å²) in [7, 11) is 0.